The van der Waals surface area contributed by atoms with Crippen molar-refractivity contribution in [3.8, 4) is 11.1 Å². The Bertz CT molecular complexity index is 1920. The van der Waals surface area contributed by atoms with Crippen LogP contribution in [-0.2, 0) is 32.2 Å². The first-order valence-corrected chi connectivity index (χ1v) is 19.1. The van der Waals surface area contributed by atoms with E-state index in [4.69, 9.17) is 15.2 Å². The number of aromatic nitrogens is 1. The fourth-order valence-corrected chi connectivity index (χ4v) is 7.14. The predicted molar refractivity (Wildman–Crippen MR) is 210 cm³/mol. The van der Waals surface area contributed by atoms with Crippen molar-refractivity contribution in [1.29, 1.82) is 0 Å². The summed E-state index contributed by atoms with van der Waals surface area (Å²) in [6.45, 7) is 0.414. The number of hydrogen-bond donors (Lipinski definition) is 4. The molecule has 1 aliphatic rings. The number of nitrogens with one attached hydrogen (secondary N) is 2. The minimum absolute atomic E-state index is 0.00170. The van der Waals surface area contributed by atoms with Gasteiger partial charge in [0.25, 0.3) is 0 Å². The quantitative estimate of drug-likeness (QED) is 0.0452. The Balaban J connectivity index is 1.02. The molecule has 5 N–H and O–H groups in total. The number of benzene rings is 4. The van der Waals surface area contributed by atoms with Crippen LogP contribution in [0.3, 0.4) is 0 Å². The molecule has 0 aliphatic carbocycles. The molecule has 9 nitrogen and oxygen atoms in total. The number of ether oxygens (including phenoxy) is 2. The minimum atomic E-state index is -0.554. The number of amides is 2. The van der Waals surface area contributed by atoms with Crippen LogP contribution in [0.2, 0.25) is 0 Å². The number of nitrogens with zero attached hydrogens (tertiary/aromatic N) is 1. The molecule has 1 saturated heterocycles. The molecule has 1 aromatic heterocycles. The van der Waals surface area contributed by atoms with Crippen molar-refractivity contribution in [2.75, 3.05) is 16.8 Å². The van der Waals surface area contributed by atoms with Crippen LogP contribution in [0.4, 0.5) is 11.4 Å². The van der Waals surface area contributed by atoms with Crippen LogP contribution < -0.4 is 16.4 Å². The summed E-state index contributed by atoms with van der Waals surface area (Å²) in [6, 6.07) is 37.3. The van der Waals surface area contributed by atoms with Gasteiger partial charge in [0.1, 0.15) is 0 Å². The number of hydrogen-bond acceptors (Lipinski definition) is 8. The Morgan fingerprint density at radius 1 is 0.792 bits per heavy atom. The fraction of sp³-hybridized carbons (Fsp3) is 0.279. The Morgan fingerprint density at radius 2 is 1.51 bits per heavy atom. The Labute approximate surface area is 315 Å². The molecule has 2 amide bonds. The van der Waals surface area contributed by atoms with Gasteiger partial charge in [0, 0.05) is 43.3 Å². The standard InChI is InChI=1S/C43H46N4O5S/c44-37-12-6-7-13-38(37)47-41(50)15-3-1-2-14-40(49)46-27-34-10-4-5-11-36(34)31-21-23-33(24-22-31)43-51-35(29-53-42-16-8-9-25-45-42)26-39(52-43)32-19-17-30(28-48)18-20-32/h4-13,16-25,35,39,43,48H,1-3,14-15,26-29,44H2,(H,46,49)(H,47,50)/t35-,39+,43+/m1/s1. The molecule has 53 heavy (non-hydrogen) atoms. The highest BCUT2D eigenvalue weighted by atomic mass is 32.2. The summed E-state index contributed by atoms with van der Waals surface area (Å²) < 4.78 is 13.1. The fourth-order valence-electron chi connectivity index (χ4n) is 6.26. The van der Waals surface area contributed by atoms with Gasteiger partial charge < -0.3 is 30.9 Å². The molecule has 0 saturated carbocycles. The second kappa shape index (κ2) is 19.2. The van der Waals surface area contributed by atoms with Crippen molar-refractivity contribution >= 4 is 35.0 Å². The molecular formula is C43H46N4O5S. The number of nitrogen functional groups attached to an aromatic ring is 1. The highest BCUT2D eigenvalue weighted by Gasteiger charge is 2.32. The van der Waals surface area contributed by atoms with Crippen LogP contribution in [0.25, 0.3) is 11.1 Å². The van der Waals surface area contributed by atoms with Crippen molar-refractivity contribution in [2.45, 2.75) is 75.2 Å². The molecule has 1 fully saturated rings. The van der Waals surface area contributed by atoms with Crippen LogP contribution in [0, 0.1) is 0 Å². The van der Waals surface area contributed by atoms with Crippen molar-refractivity contribution in [3.05, 3.63) is 144 Å². The lowest BCUT2D eigenvalue weighted by Crippen LogP contribution is -2.31. The molecule has 1 aliphatic heterocycles. The monoisotopic (exact) mass is 730 g/mol. The number of aliphatic hydroxyl groups is 1. The highest BCUT2D eigenvalue weighted by Crippen LogP contribution is 2.40. The van der Waals surface area contributed by atoms with Crippen molar-refractivity contribution in [3.63, 3.8) is 0 Å². The summed E-state index contributed by atoms with van der Waals surface area (Å²) >= 11 is 1.67. The molecule has 274 valence electrons. The zero-order valence-electron chi connectivity index (χ0n) is 29.7. The topological polar surface area (TPSA) is 136 Å². The van der Waals surface area contributed by atoms with E-state index >= 15 is 0 Å². The Kier molecular flexibility index (Phi) is 13.7. The molecule has 0 radical (unpaired) electrons. The summed E-state index contributed by atoms with van der Waals surface area (Å²) in [5, 5.41) is 16.4. The molecule has 3 atom stereocenters. The van der Waals surface area contributed by atoms with Gasteiger partial charge in [0.2, 0.25) is 11.8 Å². The van der Waals surface area contributed by atoms with E-state index in [2.05, 4.69) is 33.8 Å². The smallest absolute Gasteiger partial charge is 0.224 e. The second-order valence-electron chi connectivity index (χ2n) is 13.1. The van der Waals surface area contributed by atoms with Crippen molar-refractivity contribution in [1.82, 2.24) is 10.3 Å². The van der Waals surface area contributed by atoms with E-state index in [0.717, 1.165) is 50.6 Å². The van der Waals surface area contributed by atoms with E-state index in [-0.39, 0.29) is 30.6 Å². The summed E-state index contributed by atoms with van der Waals surface area (Å²) in [5.41, 5.74) is 13.0. The van der Waals surface area contributed by atoms with E-state index in [1.54, 1.807) is 30.1 Å². The molecule has 0 bridgehead atoms. The van der Waals surface area contributed by atoms with Crippen LogP contribution >= 0.6 is 11.8 Å². The maximum Gasteiger partial charge on any atom is 0.224 e. The molecule has 0 unspecified atom stereocenters. The number of para-hydroxylation sites is 2. The number of rotatable bonds is 16. The summed E-state index contributed by atoms with van der Waals surface area (Å²) in [5.74, 6) is 0.644. The molecule has 2 heterocycles. The minimum Gasteiger partial charge on any atom is -0.397 e. The number of nitrogens with two attached hydrogens (primary N) is 1. The number of anilines is 2. The van der Waals surface area contributed by atoms with Gasteiger partial charge in [-0.3, -0.25) is 9.59 Å². The summed E-state index contributed by atoms with van der Waals surface area (Å²) in [7, 11) is 0. The lowest BCUT2D eigenvalue weighted by atomic mass is 9.97. The average Bonchev–Trinajstić information content (AvgIpc) is 3.20. The number of unbranched alkanes of at least 4 members (excludes halogenated alkanes) is 2. The van der Waals surface area contributed by atoms with Crippen molar-refractivity contribution in [2.24, 2.45) is 0 Å². The SMILES string of the molecule is Nc1ccccc1NC(=O)CCCCCC(=O)NCc1ccccc1-c1ccc([C@H]2O[C@@H](CSc3ccccn3)C[C@@H](c3ccc(CO)cc3)O2)cc1. The maximum atomic E-state index is 12.7. The van der Waals surface area contributed by atoms with E-state index < -0.39 is 6.29 Å². The van der Waals surface area contributed by atoms with Gasteiger partial charge in [-0.1, -0.05) is 97.4 Å². The number of pyridine rings is 1. The molecule has 4 aromatic carbocycles. The first-order chi connectivity index (χ1) is 25.9. The maximum absolute atomic E-state index is 12.7. The first kappa shape index (κ1) is 37.7. The molecule has 6 rings (SSSR count). The van der Waals surface area contributed by atoms with Gasteiger partial charge >= 0.3 is 0 Å². The number of aliphatic hydroxyl groups excluding tert-OH is 1. The van der Waals surface area contributed by atoms with Crippen molar-refractivity contribution < 1.29 is 24.2 Å². The predicted octanol–water partition coefficient (Wildman–Crippen LogP) is 8.37. The lowest BCUT2D eigenvalue weighted by Gasteiger charge is -2.36. The third-order valence-corrected chi connectivity index (χ3v) is 10.3. The van der Waals surface area contributed by atoms with Gasteiger partial charge in [-0.15, -0.1) is 11.8 Å². The van der Waals surface area contributed by atoms with Crippen LogP contribution in [0.15, 0.2) is 126 Å². The molecule has 10 heteroatoms. The van der Waals surface area contributed by atoms with Crippen LogP contribution in [0.1, 0.15) is 73.2 Å². The highest BCUT2D eigenvalue weighted by molar-refractivity contribution is 7.99. The molecular weight excluding hydrogens is 685 g/mol. The van der Waals surface area contributed by atoms with Gasteiger partial charge in [0.15, 0.2) is 6.29 Å². The summed E-state index contributed by atoms with van der Waals surface area (Å²) in [6.07, 6.45) is 4.69. The number of thioether (sulfide) groups is 1. The third-order valence-electron chi connectivity index (χ3n) is 9.20. The largest absolute Gasteiger partial charge is 0.397 e. The van der Waals surface area contributed by atoms with Gasteiger partial charge in [-0.25, -0.2) is 4.98 Å². The molecule has 0 spiro atoms. The van der Waals surface area contributed by atoms with Gasteiger partial charge in [0.05, 0.1) is 35.2 Å². The zero-order valence-corrected chi connectivity index (χ0v) is 30.5. The number of carbonyl (C=O) groups is 2. The van der Waals surface area contributed by atoms with Gasteiger partial charge in [-0.2, -0.15) is 0 Å². The zero-order chi connectivity index (χ0) is 36.8. The Hall–Kier alpha value is -5.00. The lowest BCUT2D eigenvalue weighted by molar-refractivity contribution is -0.245. The van der Waals surface area contributed by atoms with Crippen LogP contribution in [-0.4, -0.2) is 33.8 Å². The third kappa shape index (κ3) is 11.0. The van der Waals surface area contributed by atoms with Gasteiger partial charge in [-0.05, 0) is 64.9 Å². The van der Waals surface area contributed by atoms with E-state index in [9.17, 15) is 14.7 Å². The normalized spacial score (nSPS) is 16.9. The summed E-state index contributed by atoms with van der Waals surface area (Å²) in [4.78, 5) is 29.5. The first-order valence-electron chi connectivity index (χ1n) is 18.1. The molecule has 5 aromatic rings. The van der Waals surface area contributed by atoms with E-state index in [0.29, 0.717) is 50.0 Å². The average molecular weight is 731 g/mol. The van der Waals surface area contributed by atoms with E-state index in [1.807, 2.05) is 84.9 Å². The second-order valence-corrected chi connectivity index (χ2v) is 14.1. The van der Waals surface area contributed by atoms with E-state index in [1.165, 1.54) is 0 Å². The Morgan fingerprint density at radius 3 is 2.26 bits per heavy atom. The number of carbonyl (C=O) groups excluding carboxylic acids is 2. The van der Waals surface area contributed by atoms with Crippen LogP contribution in [0.5, 0.6) is 0 Å².